The molecule has 1 amide bonds. The van der Waals surface area contributed by atoms with Crippen molar-refractivity contribution < 1.29 is 9.21 Å². The first-order chi connectivity index (χ1) is 12.1. The first kappa shape index (κ1) is 22.8. The van der Waals surface area contributed by atoms with Gasteiger partial charge in [-0.2, -0.15) is 0 Å². The summed E-state index contributed by atoms with van der Waals surface area (Å²) in [6.07, 6.45) is 1.61. The van der Waals surface area contributed by atoms with E-state index in [1.807, 2.05) is 18.2 Å². The van der Waals surface area contributed by atoms with Gasteiger partial charge in [-0.05, 0) is 45.2 Å². The Morgan fingerprint density at radius 3 is 2.36 bits per heavy atom. The van der Waals surface area contributed by atoms with Crippen molar-refractivity contribution in [3.05, 3.63) is 46.8 Å². The van der Waals surface area contributed by atoms with Crippen LogP contribution in [0.15, 0.2) is 45.6 Å². The SMILES string of the molecule is CCN(CC)CCCC(=O)NC.CN.O=c1ccc2ccccc2o1. The Morgan fingerprint density at radius 2 is 1.76 bits per heavy atom. The Hall–Kier alpha value is -2.18. The highest BCUT2D eigenvalue weighted by molar-refractivity contribution is 5.76. The number of nitrogens with two attached hydrogens (primary N) is 1. The summed E-state index contributed by atoms with van der Waals surface area (Å²) < 4.78 is 4.91. The minimum absolute atomic E-state index is 0.141. The number of hydrogen-bond acceptors (Lipinski definition) is 5. The Bertz CT molecular complexity index is 651. The Labute approximate surface area is 150 Å². The second kappa shape index (κ2) is 14.2. The molecule has 0 aliphatic heterocycles. The number of carbonyl (C=O) groups excluding carboxylic acids is 1. The lowest BCUT2D eigenvalue weighted by Gasteiger charge is -2.16. The van der Waals surface area contributed by atoms with Gasteiger partial charge >= 0.3 is 5.63 Å². The third kappa shape index (κ3) is 9.64. The molecule has 0 fully saturated rings. The molecule has 1 aromatic carbocycles. The lowest BCUT2D eigenvalue weighted by atomic mass is 10.2. The van der Waals surface area contributed by atoms with E-state index in [9.17, 15) is 9.59 Å². The summed E-state index contributed by atoms with van der Waals surface area (Å²) in [6, 6.07) is 10.6. The van der Waals surface area contributed by atoms with E-state index < -0.39 is 0 Å². The molecular weight excluding hydrogens is 318 g/mol. The number of nitrogens with one attached hydrogen (secondary N) is 1. The van der Waals surface area contributed by atoms with Crippen LogP contribution in [0.1, 0.15) is 26.7 Å². The number of hydrogen-bond donors (Lipinski definition) is 2. The molecule has 0 saturated heterocycles. The molecule has 25 heavy (non-hydrogen) atoms. The highest BCUT2D eigenvalue weighted by Crippen LogP contribution is 2.08. The Morgan fingerprint density at radius 1 is 1.12 bits per heavy atom. The topological polar surface area (TPSA) is 88.6 Å². The average molecular weight is 349 g/mol. The van der Waals surface area contributed by atoms with Gasteiger partial charge < -0.3 is 20.4 Å². The van der Waals surface area contributed by atoms with Crippen LogP contribution >= 0.6 is 0 Å². The van der Waals surface area contributed by atoms with Gasteiger partial charge in [-0.25, -0.2) is 4.79 Å². The number of rotatable bonds is 6. The van der Waals surface area contributed by atoms with Crippen LogP contribution in [0.5, 0.6) is 0 Å². The minimum Gasteiger partial charge on any atom is -0.423 e. The van der Waals surface area contributed by atoms with Crippen LogP contribution in [-0.4, -0.2) is 44.5 Å². The second-order valence-electron chi connectivity index (χ2n) is 5.10. The van der Waals surface area contributed by atoms with Crippen LogP contribution in [-0.2, 0) is 4.79 Å². The largest absolute Gasteiger partial charge is 0.423 e. The summed E-state index contributed by atoms with van der Waals surface area (Å²) in [6.45, 7) is 7.46. The summed E-state index contributed by atoms with van der Waals surface area (Å²) >= 11 is 0. The summed E-state index contributed by atoms with van der Waals surface area (Å²) in [5.41, 5.74) is 4.84. The molecule has 6 nitrogen and oxygen atoms in total. The fraction of sp³-hybridized carbons (Fsp3) is 0.474. The van der Waals surface area contributed by atoms with E-state index >= 15 is 0 Å². The third-order valence-electron chi connectivity index (χ3n) is 3.58. The number of carbonyl (C=O) groups is 1. The molecule has 1 aromatic heterocycles. The van der Waals surface area contributed by atoms with Crippen molar-refractivity contribution in [1.82, 2.24) is 10.2 Å². The smallest absolute Gasteiger partial charge is 0.336 e. The van der Waals surface area contributed by atoms with Crippen LogP contribution in [0.25, 0.3) is 11.0 Å². The van der Waals surface area contributed by atoms with Gasteiger partial charge in [0.2, 0.25) is 5.91 Å². The molecule has 140 valence electrons. The van der Waals surface area contributed by atoms with E-state index in [0.29, 0.717) is 12.0 Å². The molecule has 0 radical (unpaired) electrons. The molecule has 0 aliphatic carbocycles. The zero-order chi connectivity index (χ0) is 19.1. The number of benzene rings is 1. The molecule has 0 aliphatic rings. The molecule has 1 heterocycles. The third-order valence-corrected chi connectivity index (χ3v) is 3.58. The first-order valence-electron chi connectivity index (χ1n) is 8.60. The number of para-hydroxylation sites is 1. The van der Waals surface area contributed by atoms with Crippen molar-refractivity contribution in [3.8, 4) is 0 Å². The van der Waals surface area contributed by atoms with Crippen molar-refractivity contribution in [2.24, 2.45) is 5.73 Å². The maximum absolute atomic E-state index is 10.8. The van der Waals surface area contributed by atoms with Gasteiger partial charge in [-0.3, -0.25) is 4.79 Å². The van der Waals surface area contributed by atoms with Crippen LogP contribution in [0, 0.1) is 0 Å². The number of fused-ring (bicyclic) bond motifs is 1. The number of nitrogens with zero attached hydrogens (tertiary/aromatic N) is 1. The van der Waals surface area contributed by atoms with E-state index in [0.717, 1.165) is 31.4 Å². The second-order valence-corrected chi connectivity index (χ2v) is 5.10. The van der Waals surface area contributed by atoms with Gasteiger partial charge in [0.1, 0.15) is 5.58 Å². The molecule has 0 bridgehead atoms. The summed E-state index contributed by atoms with van der Waals surface area (Å²) in [5.74, 6) is 0.141. The van der Waals surface area contributed by atoms with Crippen molar-refractivity contribution >= 4 is 16.9 Å². The van der Waals surface area contributed by atoms with Gasteiger partial charge in [-0.1, -0.05) is 32.0 Å². The van der Waals surface area contributed by atoms with E-state index in [1.54, 1.807) is 19.2 Å². The first-order valence-corrected chi connectivity index (χ1v) is 8.60. The molecule has 2 rings (SSSR count). The lowest BCUT2D eigenvalue weighted by molar-refractivity contribution is -0.120. The van der Waals surface area contributed by atoms with E-state index in [2.05, 4.69) is 29.8 Å². The molecule has 6 heteroatoms. The predicted octanol–water partition coefficient (Wildman–Crippen LogP) is 2.22. The fourth-order valence-electron chi connectivity index (χ4n) is 2.14. The van der Waals surface area contributed by atoms with Gasteiger partial charge in [0, 0.05) is 24.9 Å². The van der Waals surface area contributed by atoms with Crippen molar-refractivity contribution in [3.63, 3.8) is 0 Å². The van der Waals surface area contributed by atoms with Gasteiger partial charge in [-0.15, -0.1) is 0 Å². The summed E-state index contributed by atoms with van der Waals surface area (Å²) in [5, 5.41) is 3.57. The zero-order valence-electron chi connectivity index (χ0n) is 15.7. The molecule has 0 unspecified atom stereocenters. The maximum atomic E-state index is 10.8. The standard InChI is InChI=1S/C9H20N2O.C9H6O2.CH5N/c1-4-11(5-2)8-6-7-9(12)10-3;10-9-6-5-7-3-1-2-4-8(7)11-9;1-2/h4-8H2,1-3H3,(H,10,12);1-6H;2H2,1H3. The molecular formula is C19H31N3O3. The monoisotopic (exact) mass is 349 g/mol. The zero-order valence-corrected chi connectivity index (χ0v) is 15.7. The Kier molecular flexibility index (Phi) is 13.0. The number of amides is 1. The minimum atomic E-state index is -0.302. The lowest BCUT2D eigenvalue weighted by Crippen LogP contribution is -2.26. The van der Waals surface area contributed by atoms with E-state index in [-0.39, 0.29) is 11.5 Å². The maximum Gasteiger partial charge on any atom is 0.336 e. The highest BCUT2D eigenvalue weighted by atomic mass is 16.4. The van der Waals surface area contributed by atoms with Gasteiger partial charge in [0.25, 0.3) is 0 Å². The van der Waals surface area contributed by atoms with Gasteiger partial charge in [0.05, 0.1) is 0 Å². The van der Waals surface area contributed by atoms with Crippen LogP contribution in [0.3, 0.4) is 0 Å². The molecule has 0 spiro atoms. The molecule has 2 aromatic rings. The van der Waals surface area contributed by atoms with Crippen LogP contribution in [0.2, 0.25) is 0 Å². The average Bonchev–Trinajstić information content (AvgIpc) is 2.67. The van der Waals surface area contributed by atoms with Gasteiger partial charge in [0.15, 0.2) is 0 Å². The van der Waals surface area contributed by atoms with Crippen molar-refractivity contribution in [2.45, 2.75) is 26.7 Å². The Balaban J connectivity index is 0.000000419. The van der Waals surface area contributed by atoms with Crippen LogP contribution < -0.4 is 16.7 Å². The van der Waals surface area contributed by atoms with Crippen molar-refractivity contribution in [1.29, 1.82) is 0 Å². The highest BCUT2D eigenvalue weighted by Gasteiger charge is 2.01. The fourth-order valence-corrected chi connectivity index (χ4v) is 2.14. The molecule has 3 N–H and O–H groups in total. The summed E-state index contributed by atoms with van der Waals surface area (Å²) in [7, 11) is 3.18. The molecule has 0 saturated carbocycles. The summed E-state index contributed by atoms with van der Waals surface area (Å²) in [4.78, 5) is 23.9. The van der Waals surface area contributed by atoms with Crippen LogP contribution in [0.4, 0.5) is 0 Å². The van der Waals surface area contributed by atoms with E-state index in [4.69, 9.17) is 4.42 Å². The normalized spacial score (nSPS) is 9.68. The molecule has 0 atom stereocenters. The van der Waals surface area contributed by atoms with Crippen molar-refractivity contribution in [2.75, 3.05) is 33.7 Å². The quantitative estimate of drug-likeness (QED) is 0.781. The van der Waals surface area contributed by atoms with E-state index in [1.165, 1.54) is 13.1 Å². The predicted molar refractivity (Wildman–Crippen MR) is 104 cm³/mol.